The van der Waals surface area contributed by atoms with E-state index >= 15 is 0 Å². The largest absolute Gasteiger partial charge is 0.310 e. The molecule has 1 heterocycles. The van der Waals surface area contributed by atoms with Crippen molar-refractivity contribution in [3.05, 3.63) is 51.8 Å². The topological polar surface area (TPSA) is 29.9 Å². The average molecular weight is 336 g/mol. The van der Waals surface area contributed by atoms with E-state index in [9.17, 15) is 0 Å². The summed E-state index contributed by atoms with van der Waals surface area (Å²) in [6, 6.07) is 8.73. The summed E-state index contributed by atoms with van der Waals surface area (Å²) in [4.78, 5) is 0. The van der Waals surface area contributed by atoms with Crippen LogP contribution in [0.25, 0.3) is 0 Å². The van der Waals surface area contributed by atoms with Crippen molar-refractivity contribution < 1.29 is 0 Å². The molecule has 1 aromatic heterocycles. The van der Waals surface area contributed by atoms with Crippen molar-refractivity contribution in [1.82, 2.24) is 15.1 Å². The quantitative estimate of drug-likeness (QED) is 0.870. The van der Waals surface area contributed by atoms with Gasteiger partial charge < -0.3 is 5.32 Å². The van der Waals surface area contributed by atoms with Crippen LogP contribution < -0.4 is 5.32 Å². The number of aromatic nitrogens is 2. The molecule has 2 rings (SSSR count). The van der Waals surface area contributed by atoms with Crippen LogP contribution in [-0.2, 0) is 13.5 Å². The Morgan fingerprint density at radius 3 is 2.70 bits per heavy atom. The van der Waals surface area contributed by atoms with Crippen molar-refractivity contribution in [3.8, 4) is 0 Å². The van der Waals surface area contributed by atoms with Crippen molar-refractivity contribution >= 4 is 15.9 Å². The van der Waals surface area contributed by atoms with Gasteiger partial charge in [-0.2, -0.15) is 5.10 Å². The van der Waals surface area contributed by atoms with Crippen molar-refractivity contribution in [2.45, 2.75) is 32.7 Å². The summed E-state index contributed by atoms with van der Waals surface area (Å²) < 4.78 is 3.11. The first-order valence-corrected chi connectivity index (χ1v) is 7.88. The molecule has 0 aliphatic heterocycles. The molecule has 0 aliphatic rings. The molecule has 0 spiro atoms. The lowest BCUT2D eigenvalue weighted by atomic mass is 9.99. The van der Waals surface area contributed by atoms with Gasteiger partial charge in [-0.1, -0.05) is 41.1 Å². The predicted octanol–water partition coefficient (Wildman–Crippen LogP) is 3.77. The molecule has 1 aromatic carbocycles. The Balaban J connectivity index is 2.24. The highest BCUT2D eigenvalue weighted by Crippen LogP contribution is 2.25. The smallest absolute Gasteiger partial charge is 0.0540 e. The highest BCUT2D eigenvalue weighted by Gasteiger charge is 2.17. The van der Waals surface area contributed by atoms with Gasteiger partial charge in [-0.3, -0.25) is 4.68 Å². The molecule has 1 N–H and O–H groups in total. The zero-order chi connectivity index (χ0) is 14.5. The lowest BCUT2D eigenvalue weighted by molar-refractivity contribution is 0.525. The van der Waals surface area contributed by atoms with Crippen molar-refractivity contribution in [3.63, 3.8) is 0 Å². The third kappa shape index (κ3) is 3.49. The summed E-state index contributed by atoms with van der Waals surface area (Å²) in [5.74, 6) is 0. The Kier molecular flexibility index (Phi) is 5.38. The number of halogens is 1. The zero-order valence-electron chi connectivity index (χ0n) is 12.4. The second-order valence-corrected chi connectivity index (χ2v) is 5.97. The van der Waals surface area contributed by atoms with Gasteiger partial charge in [0, 0.05) is 28.8 Å². The van der Waals surface area contributed by atoms with Gasteiger partial charge in [-0.05, 0) is 37.9 Å². The number of nitrogens with one attached hydrogen (secondary N) is 1. The molecule has 3 nitrogen and oxygen atoms in total. The van der Waals surface area contributed by atoms with E-state index in [0.29, 0.717) is 6.04 Å². The summed E-state index contributed by atoms with van der Waals surface area (Å²) in [5.41, 5.74) is 3.84. The zero-order valence-corrected chi connectivity index (χ0v) is 13.9. The fraction of sp³-hybridized carbons (Fsp3) is 0.438. The number of nitrogens with zero attached hydrogens (tertiary/aromatic N) is 2. The molecule has 1 unspecified atom stereocenters. The van der Waals surface area contributed by atoms with Gasteiger partial charge in [0.05, 0.1) is 6.20 Å². The van der Waals surface area contributed by atoms with E-state index in [-0.39, 0.29) is 0 Å². The summed E-state index contributed by atoms with van der Waals surface area (Å²) in [6.07, 6.45) is 4.08. The van der Waals surface area contributed by atoms with Gasteiger partial charge in [0.2, 0.25) is 0 Å². The first-order chi connectivity index (χ1) is 9.63. The lowest BCUT2D eigenvalue weighted by Gasteiger charge is -2.19. The van der Waals surface area contributed by atoms with Crippen LogP contribution in [0, 0.1) is 6.92 Å². The molecule has 0 amide bonds. The van der Waals surface area contributed by atoms with Gasteiger partial charge in [0.1, 0.15) is 0 Å². The molecular formula is C16H22BrN3. The maximum Gasteiger partial charge on any atom is 0.0540 e. The fourth-order valence-corrected chi connectivity index (χ4v) is 2.80. The minimum Gasteiger partial charge on any atom is -0.310 e. The summed E-state index contributed by atoms with van der Waals surface area (Å²) in [6.45, 7) is 5.34. The minimum absolute atomic E-state index is 0.308. The molecule has 0 saturated heterocycles. The normalized spacial score (nSPS) is 12.6. The SMILES string of the molecule is CCCNC(Cc1ccccc1Br)c1cnn(C)c1C. The highest BCUT2D eigenvalue weighted by molar-refractivity contribution is 9.10. The maximum absolute atomic E-state index is 4.37. The fourth-order valence-electron chi connectivity index (χ4n) is 2.35. The van der Waals surface area contributed by atoms with Gasteiger partial charge in [0.15, 0.2) is 0 Å². The second-order valence-electron chi connectivity index (χ2n) is 5.11. The number of rotatable bonds is 6. The van der Waals surface area contributed by atoms with E-state index in [1.807, 2.05) is 17.9 Å². The van der Waals surface area contributed by atoms with Gasteiger partial charge in [-0.15, -0.1) is 0 Å². The number of hydrogen-bond acceptors (Lipinski definition) is 2. The Morgan fingerprint density at radius 1 is 1.35 bits per heavy atom. The van der Waals surface area contributed by atoms with Crippen LogP contribution in [0.2, 0.25) is 0 Å². The minimum atomic E-state index is 0.308. The van der Waals surface area contributed by atoms with Crippen molar-refractivity contribution in [2.75, 3.05) is 6.54 Å². The lowest BCUT2D eigenvalue weighted by Crippen LogP contribution is -2.24. The number of aryl methyl sites for hydroxylation is 1. The molecule has 1 atom stereocenters. The summed E-state index contributed by atoms with van der Waals surface area (Å²) in [7, 11) is 1.99. The molecule has 2 aromatic rings. The van der Waals surface area contributed by atoms with Gasteiger partial charge in [0.25, 0.3) is 0 Å². The molecule has 0 radical (unpaired) electrons. The van der Waals surface area contributed by atoms with Crippen molar-refractivity contribution in [1.29, 1.82) is 0 Å². The number of benzene rings is 1. The van der Waals surface area contributed by atoms with Crippen LogP contribution in [0.5, 0.6) is 0 Å². The molecule has 20 heavy (non-hydrogen) atoms. The standard InChI is InChI=1S/C16H22BrN3/c1-4-9-18-16(14-11-19-20(3)12(14)2)10-13-7-5-6-8-15(13)17/h5-8,11,16,18H,4,9-10H2,1-3H3. The molecule has 108 valence electrons. The van der Waals surface area contributed by atoms with E-state index in [1.165, 1.54) is 21.3 Å². The Labute approximate surface area is 129 Å². The third-order valence-corrected chi connectivity index (χ3v) is 4.44. The van der Waals surface area contributed by atoms with Crippen LogP contribution in [0.1, 0.15) is 36.2 Å². The number of hydrogen-bond donors (Lipinski definition) is 1. The van der Waals surface area contributed by atoms with E-state index in [2.05, 4.69) is 64.5 Å². The molecular weight excluding hydrogens is 314 g/mol. The van der Waals surface area contributed by atoms with Crippen LogP contribution >= 0.6 is 15.9 Å². The van der Waals surface area contributed by atoms with E-state index in [1.54, 1.807) is 0 Å². The van der Waals surface area contributed by atoms with Gasteiger partial charge in [-0.25, -0.2) is 0 Å². The average Bonchev–Trinajstić information content (AvgIpc) is 2.77. The van der Waals surface area contributed by atoms with Crippen LogP contribution in [-0.4, -0.2) is 16.3 Å². The van der Waals surface area contributed by atoms with E-state index < -0.39 is 0 Å². The third-order valence-electron chi connectivity index (χ3n) is 3.67. The van der Waals surface area contributed by atoms with Crippen molar-refractivity contribution in [2.24, 2.45) is 7.05 Å². The molecule has 0 aliphatic carbocycles. The molecule has 4 heteroatoms. The second kappa shape index (κ2) is 7.04. The molecule has 0 saturated carbocycles. The first-order valence-electron chi connectivity index (χ1n) is 7.08. The summed E-state index contributed by atoms with van der Waals surface area (Å²) in [5, 5.41) is 8.02. The van der Waals surface area contributed by atoms with Crippen LogP contribution in [0.3, 0.4) is 0 Å². The summed E-state index contributed by atoms with van der Waals surface area (Å²) >= 11 is 3.64. The van der Waals surface area contributed by atoms with Crippen LogP contribution in [0.4, 0.5) is 0 Å². The van der Waals surface area contributed by atoms with Crippen LogP contribution in [0.15, 0.2) is 34.9 Å². The Morgan fingerprint density at radius 2 is 2.10 bits per heavy atom. The first kappa shape index (κ1) is 15.3. The predicted molar refractivity (Wildman–Crippen MR) is 86.8 cm³/mol. The Bertz CT molecular complexity index is 563. The van der Waals surface area contributed by atoms with E-state index in [4.69, 9.17) is 0 Å². The molecule has 0 fully saturated rings. The molecule has 0 bridgehead atoms. The van der Waals surface area contributed by atoms with Gasteiger partial charge >= 0.3 is 0 Å². The maximum atomic E-state index is 4.37. The Hall–Kier alpha value is -1.13. The monoisotopic (exact) mass is 335 g/mol. The van der Waals surface area contributed by atoms with E-state index in [0.717, 1.165) is 19.4 Å². The highest BCUT2D eigenvalue weighted by atomic mass is 79.9.